The molecule has 0 amide bonds. The van der Waals surface area contributed by atoms with Crippen molar-refractivity contribution >= 4 is 28.6 Å². The summed E-state index contributed by atoms with van der Waals surface area (Å²) in [4.78, 5) is 14.5. The Kier molecular flexibility index (Phi) is 3.70. The predicted molar refractivity (Wildman–Crippen MR) is 76.3 cm³/mol. The second kappa shape index (κ2) is 5.38. The van der Waals surface area contributed by atoms with Crippen LogP contribution in [0.5, 0.6) is 0 Å². The molecule has 0 unspecified atom stereocenters. The average Bonchev–Trinajstić information content (AvgIpc) is 3.01. The Labute approximate surface area is 126 Å². The zero-order valence-electron chi connectivity index (χ0n) is 11.6. The van der Waals surface area contributed by atoms with E-state index in [1.54, 1.807) is 4.57 Å². The van der Waals surface area contributed by atoms with Crippen LogP contribution < -0.4 is 4.90 Å². The summed E-state index contributed by atoms with van der Waals surface area (Å²) >= 11 is 5.73. The standard InChI is InChI=1S/C12H16ClN5O3/c1-17(2)10-7-11(15-4-14-10)18(5-16-7)12-9(20)8(19)6(3-13)21-12/h4-6,8-9,12,19-20H,3H2,1-2H3/t6-,8-,9-,12-/m1/s1. The van der Waals surface area contributed by atoms with Gasteiger partial charge in [0.05, 0.1) is 12.2 Å². The van der Waals surface area contributed by atoms with Crippen molar-refractivity contribution in [3.05, 3.63) is 12.7 Å². The molecule has 1 fully saturated rings. The van der Waals surface area contributed by atoms with Crippen molar-refractivity contribution in [2.24, 2.45) is 0 Å². The summed E-state index contributed by atoms with van der Waals surface area (Å²) in [6, 6.07) is 0. The quantitative estimate of drug-likeness (QED) is 0.754. The molecule has 1 saturated heterocycles. The van der Waals surface area contributed by atoms with Crippen LogP contribution in [0.2, 0.25) is 0 Å². The van der Waals surface area contributed by atoms with Crippen molar-refractivity contribution in [1.82, 2.24) is 19.5 Å². The van der Waals surface area contributed by atoms with E-state index in [0.29, 0.717) is 17.0 Å². The van der Waals surface area contributed by atoms with Crippen LogP contribution in [0, 0.1) is 0 Å². The predicted octanol–water partition coefficient (Wildman–Crippen LogP) is -0.250. The lowest BCUT2D eigenvalue weighted by atomic mass is 10.1. The van der Waals surface area contributed by atoms with E-state index >= 15 is 0 Å². The Hall–Kier alpha value is -1.48. The van der Waals surface area contributed by atoms with E-state index in [1.165, 1.54) is 12.7 Å². The lowest BCUT2D eigenvalue weighted by Crippen LogP contribution is -2.32. The molecule has 1 aliphatic heterocycles. The molecule has 4 atom stereocenters. The Morgan fingerprint density at radius 3 is 2.67 bits per heavy atom. The molecule has 0 spiro atoms. The summed E-state index contributed by atoms with van der Waals surface area (Å²) in [5.74, 6) is 0.764. The third kappa shape index (κ3) is 2.24. The molecule has 3 rings (SSSR count). The third-order valence-corrected chi connectivity index (χ3v) is 3.83. The molecule has 0 aliphatic carbocycles. The van der Waals surface area contributed by atoms with Gasteiger partial charge >= 0.3 is 0 Å². The van der Waals surface area contributed by atoms with Gasteiger partial charge in [-0.25, -0.2) is 15.0 Å². The molecule has 9 heteroatoms. The first kappa shape index (κ1) is 14.5. The molecule has 3 heterocycles. The Balaban J connectivity index is 2.04. The molecule has 8 nitrogen and oxygen atoms in total. The number of fused-ring (bicyclic) bond motifs is 1. The fourth-order valence-electron chi connectivity index (χ4n) is 2.44. The van der Waals surface area contributed by atoms with Crippen LogP contribution in [0.15, 0.2) is 12.7 Å². The second-order valence-corrected chi connectivity index (χ2v) is 5.42. The van der Waals surface area contributed by atoms with Gasteiger partial charge in [-0.2, -0.15) is 0 Å². The fourth-order valence-corrected chi connectivity index (χ4v) is 2.69. The number of alkyl halides is 1. The van der Waals surface area contributed by atoms with Gasteiger partial charge in [-0.15, -0.1) is 11.6 Å². The van der Waals surface area contributed by atoms with Crippen LogP contribution in [0.1, 0.15) is 6.23 Å². The van der Waals surface area contributed by atoms with E-state index in [9.17, 15) is 10.2 Å². The molecule has 21 heavy (non-hydrogen) atoms. The van der Waals surface area contributed by atoms with Crippen LogP contribution >= 0.6 is 11.6 Å². The fraction of sp³-hybridized carbons (Fsp3) is 0.583. The minimum Gasteiger partial charge on any atom is -0.387 e. The number of halogens is 1. The van der Waals surface area contributed by atoms with Crippen LogP contribution in [-0.4, -0.2) is 68.0 Å². The van der Waals surface area contributed by atoms with Gasteiger partial charge in [0.1, 0.15) is 24.6 Å². The maximum atomic E-state index is 10.1. The van der Waals surface area contributed by atoms with Crippen molar-refractivity contribution < 1.29 is 14.9 Å². The molecular formula is C12H16ClN5O3. The van der Waals surface area contributed by atoms with Gasteiger partial charge in [0.2, 0.25) is 0 Å². The second-order valence-electron chi connectivity index (χ2n) is 5.12. The van der Waals surface area contributed by atoms with Gasteiger partial charge < -0.3 is 19.8 Å². The van der Waals surface area contributed by atoms with Crippen molar-refractivity contribution in [1.29, 1.82) is 0 Å². The van der Waals surface area contributed by atoms with Crippen LogP contribution in [0.3, 0.4) is 0 Å². The maximum Gasteiger partial charge on any atom is 0.167 e. The number of aromatic nitrogens is 4. The van der Waals surface area contributed by atoms with Crippen molar-refractivity contribution in [2.75, 3.05) is 24.9 Å². The van der Waals surface area contributed by atoms with Gasteiger partial charge in [-0.1, -0.05) is 0 Å². The first-order chi connectivity index (χ1) is 10.0. The number of rotatable bonds is 3. The van der Waals surface area contributed by atoms with E-state index in [4.69, 9.17) is 16.3 Å². The number of imidazole rings is 1. The highest BCUT2D eigenvalue weighted by molar-refractivity contribution is 6.18. The molecule has 114 valence electrons. The molecular weight excluding hydrogens is 298 g/mol. The molecule has 0 bridgehead atoms. The van der Waals surface area contributed by atoms with E-state index in [2.05, 4.69) is 15.0 Å². The Bertz CT molecular complexity index is 649. The minimum absolute atomic E-state index is 0.0965. The molecule has 2 aromatic heterocycles. The van der Waals surface area contributed by atoms with E-state index in [0.717, 1.165) is 0 Å². The SMILES string of the molecule is CN(C)c1ncnc2c1ncn2[C@@H]1O[C@H](CCl)[C@@H](O)[C@H]1O. The summed E-state index contributed by atoms with van der Waals surface area (Å²) in [5, 5.41) is 20.0. The third-order valence-electron chi connectivity index (χ3n) is 3.53. The summed E-state index contributed by atoms with van der Waals surface area (Å²) < 4.78 is 7.19. The molecule has 0 radical (unpaired) electrons. The van der Waals surface area contributed by atoms with Crippen LogP contribution in [-0.2, 0) is 4.74 Å². The van der Waals surface area contributed by atoms with E-state index < -0.39 is 24.5 Å². The summed E-state index contributed by atoms with van der Waals surface area (Å²) in [6.45, 7) is 0. The minimum atomic E-state index is -1.09. The normalized spacial score (nSPS) is 29.2. The molecule has 1 aliphatic rings. The number of ether oxygens (including phenoxy) is 1. The number of aliphatic hydroxyl groups excluding tert-OH is 2. The van der Waals surface area contributed by atoms with Crippen LogP contribution in [0.4, 0.5) is 5.82 Å². The zero-order valence-corrected chi connectivity index (χ0v) is 12.3. The van der Waals surface area contributed by atoms with Gasteiger partial charge in [0, 0.05) is 14.1 Å². The van der Waals surface area contributed by atoms with Gasteiger partial charge in [-0.3, -0.25) is 4.57 Å². The van der Waals surface area contributed by atoms with Gasteiger partial charge in [0.15, 0.2) is 23.2 Å². The summed E-state index contributed by atoms with van der Waals surface area (Å²) in [7, 11) is 3.71. The van der Waals surface area contributed by atoms with Crippen molar-refractivity contribution in [3.63, 3.8) is 0 Å². The lowest BCUT2D eigenvalue weighted by Gasteiger charge is -2.17. The molecule has 2 aromatic rings. The van der Waals surface area contributed by atoms with Crippen LogP contribution in [0.25, 0.3) is 11.2 Å². The van der Waals surface area contributed by atoms with E-state index in [1.807, 2.05) is 19.0 Å². The number of hydrogen-bond acceptors (Lipinski definition) is 7. The average molecular weight is 314 g/mol. The van der Waals surface area contributed by atoms with Crippen molar-refractivity contribution in [2.45, 2.75) is 24.5 Å². The zero-order chi connectivity index (χ0) is 15.1. The molecule has 0 saturated carbocycles. The smallest absolute Gasteiger partial charge is 0.167 e. The lowest BCUT2D eigenvalue weighted by molar-refractivity contribution is -0.0291. The Morgan fingerprint density at radius 2 is 2.05 bits per heavy atom. The largest absolute Gasteiger partial charge is 0.387 e. The van der Waals surface area contributed by atoms with Gasteiger partial charge in [-0.05, 0) is 0 Å². The summed E-state index contributed by atoms with van der Waals surface area (Å²) in [6.07, 6.45) is -0.599. The first-order valence-corrected chi connectivity index (χ1v) is 7.00. The maximum absolute atomic E-state index is 10.1. The number of anilines is 1. The molecule has 0 aromatic carbocycles. The molecule has 2 N–H and O–H groups in total. The van der Waals surface area contributed by atoms with E-state index in [-0.39, 0.29) is 5.88 Å². The highest BCUT2D eigenvalue weighted by atomic mass is 35.5. The number of nitrogens with zero attached hydrogens (tertiary/aromatic N) is 5. The number of aliphatic hydroxyl groups is 2. The first-order valence-electron chi connectivity index (χ1n) is 6.47. The van der Waals surface area contributed by atoms with Crippen molar-refractivity contribution in [3.8, 4) is 0 Å². The topological polar surface area (TPSA) is 96.5 Å². The Morgan fingerprint density at radius 1 is 1.29 bits per heavy atom. The highest BCUT2D eigenvalue weighted by Gasteiger charge is 2.43. The monoisotopic (exact) mass is 313 g/mol. The number of hydrogen-bond donors (Lipinski definition) is 2. The summed E-state index contributed by atoms with van der Waals surface area (Å²) in [5.41, 5.74) is 1.13. The van der Waals surface area contributed by atoms with Gasteiger partial charge in [0.25, 0.3) is 0 Å². The highest BCUT2D eigenvalue weighted by Crippen LogP contribution is 2.32.